The molecule has 1 aromatic heterocycles. The Balaban J connectivity index is 2.14. The SMILES string of the molecule is Nc1c(NC=O)ncn1C(=O)Oc1ccc([N+](=O)[O-])cc1. The first-order valence-electron chi connectivity index (χ1n) is 5.52. The zero-order valence-electron chi connectivity index (χ0n) is 10.4. The Kier molecular flexibility index (Phi) is 3.79. The van der Waals surface area contributed by atoms with Gasteiger partial charge in [0.15, 0.2) is 11.6 Å². The quantitative estimate of drug-likeness (QED) is 0.485. The second-order valence-electron chi connectivity index (χ2n) is 3.73. The van der Waals surface area contributed by atoms with E-state index < -0.39 is 11.0 Å². The molecular formula is C11H9N5O5. The molecule has 3 N–H and O–H groups in total. The van der Waals surface area contributed by atoms with Crippen LogP contribution in [0.25, 0.3) is 0 Å². The average Bonchev–Trinajstić information content (AvgIpc) is 2.81. The van der Waals surface area contributed by atoms with Crippen LogP contribution in [0, 0.1) is 10.1 Å². The summed E-state index contributed by atoms with van der Waals surface area (Å²) in [7, 11) is 0. The van der Waals surface area contributed by atoms with Crippen LogP contribution in [0.15, 0.2) is 30.6 Å². The number of nitrogens with zero attached hydrogens (tertiary/aromatic N) is 3. The van der Waals surface area contributed by atoms with Crippen LogP contribution >= 0.6 is 0 Å². The average molecular weight is 291 g/mol. The Bertz CT molecular complexity index is 694. The van der Waals surface area contributed by atoms with E-state index in [2.05, 4.69) is 10.3 Å². The molecule has 0 aliphatic rings. The Labute approximate surface area is 117 Å². The topological polar surface area (TPSA) is 142 Å². The standard InChI is InChI=1S/C11H9N5O5/c12-9-10(14-6-17)13-5-15(9)11(18)21-8-3-1-7(2-4-8)16(19)20/h1-6H,12H2,(H,14,17). The molecule has 1 amide bonds. The highest BCUT2D eigenvalue weighted by Gasteiger charge is 2.15. The van der Waals surface area contributed by atoms with Gasteiger partial charge in [0.1, 0.15) is 12.1 Å². The van der Waals surface area contributed by atoms with Crippen molar-refractivity contribution in [2.45, 2.75) is 0 Å². The summed E-state index contributed by atoms with van der Waals surface area (Å²) in [5.41, 5.74) is 5.47. The van der Waals surface area contributed by atoms with Crippen molar-refractivity contribution in [1.29, 1.82) is 0 Å². The molecule has 0 spiro atoms. The third-order valence-electron chi connectivity index (χ3n) is 2.45. The van der Waals surface area contributed by atoms with Crippen molar-refractivity contribution in [3.05, 3.63) is 40.7 Å². The number of benzene rings is 1. The van der Waals surface area contributed by atoms with Gasteiger partial charge in [-0.3, -0.25) is 14.9 Å². The number of imidazole rings is 1. The summed E-state index contributed by atoms with van der Waals surface area (Å²) in [4.78, 5) is 35.8. The number of hydrogen-bond acceptors (Lipinski definition) is 7. The highest BCUT2D eigenvalue weighted by Crippen LogP contribution is 2.20. The Hall–Kier alpha value is -3.43. The number of amides is 1. The van der Waals surface area contributed by atoms with E-state index in [-0.39, 0.29) is 23.1 Å². The van der Waals surface area contributed by atoms with Gasteiger partial charge in [-0.15, -0.1) is 0 Å². The number of nitro benzene ring substituents is 1. The van der Waals surface area contributed by atoms with Crippen molar-refractivity contribution in [3.63, 3.8) is 0 Å². The molecule has 0 saturated heterocycles. The fourth-order valence-corrected chi connectivity index (χ4v) is 1.46. The van der Waals surface area contributed by atoms with Crippen molar-refractivity contribution in [2.24, 2.45) is 0 Å². The monoisotopic (exact) mass is 291 g/mol. The number of nitro groups is 1. The van der Waals surface area contributed by atoms with E-state index in [1.165, 1.54) is 24.3 Å². The van der Waals surface area contributed by atoms with E-state index >= 15 is 0 Å². The number of nitrogens with two attached hydrogens (primary N) is 1. The first-order valence-corrected chi connectivity index (χ1v) is 5.52. The number of nitrogen functional groups attached to an aromatic ring is 1. The molecule has 0 radical (unpaired) electrons. The molecule has 108 valence electrons. The summed E-state index contributed by atoms with van der Waals surface area (Å²) >= 11 is 0. The van der Waals surface area contributed by atoms with Crippen LogP contribution in [0.1, 0.15) is 0 Å². The number of ether oxygens (including phenoxy) is 1. The minimum absolute atomic E-state index is 0.0191. The second-order valence-corrected chi connectivity index (χ2v) is 3.73. The van der Waals surface area contributed by atoms with Crippen LogP contribution in [0.4, 0.5) is 22.1 Å². The second kappa shape index (κ2) is 5.69. The van der Waals surface area contributed by atoms with Gasteiger partial charge in [0, 0.05) is 12.1 Å². The number of nitrogens with one attached hydrogen (secondary N) is 1. The number of rotatable bonds is 4. The van der Waals surface area contributed by atoms with E-state index in [4.69, 9.17) is 10.5 Å². The van der Waals surface area contributed by atoms with E-state index in [1.54, 1.807) is 0 Å². The lowest BCUT2D eigenvalue weighted by Crippen LogP contribution is -2.18. The van der Waals surface area contributed by atoms with Gasteiger partial charge in [-0.25, -0.2) is 14.3 Å². The molecule has 0 aliphatic heterocycles. The first-order chi connectivity index (χ1) is 10.0. The molecule has 21 heavy (non-hydrogen) atoms. The largest absolute Gasteiger partial charge is 0.426 e. The molecular weight excluding hydrogens is 282 g/mol. The van der Waals surface area contributed by atoms with Gasteiger partial charge in [0.25, 0.3) is 5.69 Å². The van der Waals surface area contributed by atoms with Crippen LogP contribution in [0.3, 0.4) is 0 Å². The van der Waals surface area contributed by atoms with Gasteiger partial charge in [-0.1, -0.05) is 0 Å². The van der Waals surface area contributed by atoms with Gasteiger partial charge < -0.3 is 15.8 Å². The first kappa shape index (κ1) is 14.0. The fraction of sp³-hybridized carbons (Fsp3) is 0. The molecule has 0 fully saturated rings. The fourth-order valence-electron chi connectivity index (χ4n) is 1.46. The summed E-state index contributed by atoms with van der Waals surface area (Å²) in [6.45, 7) is 0. The van der Waals surface area contributed by atoms with Crippen molar-refractivity contribution >= 4 is 29.8 Å². The molecule has 0 atom stereocenters. The lowest BCUT2D eigenvalue weighted by atomic mass is 10.3. The minimum Gasteiger partial charge on any atom is -0.410 e. The third kappa shape index (κ3) is 2.94. The maximum absolute atomic E-state index is 11.8. The molecule has 0 bridgehead atoms. The van der Waals surface area contributed by atoms with Gasteiger partial charge in [-0.2, -0.15) is 0 Å². The molecule has 1 aromatic carbocycles. The smallest absolute Gasteiger partial charge is 0.410 e. The molecule has 2 rings (SSSR count). The Morgan fingerprint density at radius 3 is 2.67 bits per heavy atom. The number of aromatic nitrogens is 2. The highest BCUT2D eigenvalue weighted by molar-refractivity contribution is 5.83. The number of carbonyl (C=O) groups is 2. The third-order valence-corrected chi connectivity index (χ3v) is 2.45. The van der Waals surface area contributed by atoms with E-state index in [0.29, 0.717) is 6.41 Å². The molecule has 0 saturated carbocycles. The lowest BCUT2D eigenvalue weighted by Gasteiger charge is -2.05. The maximum Gasteiger partial charge on any atom is 0.426 e. The highest BCUT2D eigenvalue weighted by atomic mass is 16.6. The normalized spacial score (nSPS) is 9.90. The molecule has 0 unspecified atom stereocenters. The summed E-state index contributed by atoms with van der Waals surface area (Å²) in [6.07, 6.45) is 0.576. The molecule has 0 aliphatic carbocycles. The lowest BCUT2D eigenvalue weighted by molar-refractivity contribution is -0.384. The predicted octanol–water partition coefficient (Wildman–Crippen LogP) is 0.989. The van der Waals surface area contributed by atoms with Crippen LogP contribution in [0.5, 0.6) is 5.75 Å². The number of hydrogen-bond donors (Lipinski definition) is 2. The van der Waals surface area contributed by atoms with Crippen LogP contribution in [-0.4, -0.2) is 27.0 Å². The van der Waals surface area contributed by atoms with E-state index in [1.807, 2.05) is 0 Å². The van der Waals surface area contributed by atoms with Crippen LogP contribution < -0.4 is 15.8 Å². The number of non-ortho nitro benzene ring substituents is 1. The molecule has 2 aromatic rings. The van der Waals surface area contributed by atoms with Crippen LogP contribution in [0.2, 0.25) is 0 Å². The van der Waals surface area contributed by atoms with Crippen LogP contribution in [-0.2, 0) is 4.79 Å². The summed E-state index contributed by atoms with van der Waals surface area (Å²) < 4.78 is 5.85. The van der Waals surface area contributed by atoms with E-state index in [9.17, 15) is 19.7 Å². The molecule has 10 nitrogen and oxygen atoms in total. The van der Waals surface area contributed by atoms with Gasteiger partial charge in [0.2, 0.25) is 6.41 Å². The zero-order chi connectivity index (χ0) is 15.4. The maximum atomic E-state index is 11.8. The van der Waals surface area contributed by atoms with E-state index in [0.717, 1.165) is 10.9 Å². The van der Waals surface area contributed by atoms with Gasteiger partial charge >= 0.3 is 6.09 Å². The van der Waals surface area contributed by atoms with Crippen molar-refractivity contribution in [3.8, 4) is 5.75 Å². The van der Waals surface area contributed by atoms with Crippen molar-refractivity contribution < 1.29 is 19.2 Å². The Morgan fingerprint density at radius 2 is 2.10 bits per heavy atom. The van der Waals surface area contributed by atoms with Gasteiger partial charge in [-0.05, 0) is 12.1 Å². The summed E-state index contributed by atoms with van der Waals surface area (Å²) in [5.74, 6) is 0.0169. The van der Waals surface area contributed by atoms with Gasteiger partial charge in [0.05, 0.1) is 4.92 Å². The molecule has 1 heterocycles. The van der Waals surface area contributed by atoms with Crippen molar-refractivity contribution in [2.75, 3.05) is 11.1 Å². The molecule has 10 heteroatoms. The predicted molar refractivity (Wildman–Crippen MR) is 70.8 cm³/mol. The summed E-state index contributed by atoms with van der Waals surface area (Å²) in [5, 5.41) is 12.7. The zero-order valence-corrected chi connectivity index (χ0v) is 10.4. The Morgan fingerprint density at radius 1 is 1.43 bits per heavy atom. The minimum atomic E-state index is -0.868. The summed E-state index contributed by atoms with van der Waals surface area (Å²) in [6, 6.07) is 4.93. The number of carbonyl (C=O) groups excluding carboxylic acids is 2. The van der Waals surface area contributed by atoms with Crippen molar-refractivity contribution in [1.82, 2.24) is 9.55 Å². The number of anilines is 2.